The first kappa shape index (κ1) is 13.7. The van der Waals surface area contributed by atoms with Crippen molar-refractivity contribution in [2.45, 2.75) is 11.2 Å². The van der Waals surface area contributed by atoms with Crippen molar-refractivity contribution in [3.05, 3.63) is 28.8 Å². The molecule has 0 spiro atoms. The third-order valence-electron chi connectivity index (χ3n) is 2.43. The Morgan fingerprint density at radius 2 is 2.22 bits per heavy atom. The maximum Gasteiger partial charge on any atom is 0.339 e. The number of esters is 1. The molecular weight excluding hydrogens is 276 g/mol. The van der Waals surface area contributed by atoms with Gasteiger partial charge in [0.1, 0.15) is 6.61 Å². The summed E-state index contributed by atoms with van der Waals surface area (Å²) in [7, 11) is 0. The molecule has 0 radical (unpaired) electrons. The molecule has 1 fully saturated rings. The summed E-state index contributed by atoms with van der Waals surface area (Å²) in [6.45, 7) is 1.15. The fourth-order valence-electron chi connectivity index (χ4n) is 1.51. The fourth-order valence-corrected chi connectivity index (χ4v) is 2.15. The second-order valence-corrected chi connectivity index (χ2v) is 4.90. The molecule has 0 aromatic heterocycles. The van der Waals surface area contributed by atoms with Crippen LogP contribution in [0.2, 0.25) is 5.02 Å². The molecule has 0 bridgehead atoms. The van der Waals surface area contributed by atoms with E-state index in [-0.39, 0.29) is 6.61 Å². The highest BCUT2D eigenvalue weighted by Crippen LogP contribution is 2.23. The molecule has 1 aliphatic rings. The third kappa shape index (κ3) is 3.38. The Balaban J connectivity index is 1.98. The number of thioether (sulfide) groups is 1. The van der Waals surface area contributed by atoms with Crippen LogP contribution >= 0.6 is 23.4 Å². The van der Waals surface area contributed by atoms with E-state index in [9.17, 15) is 4.79 Å². The minimum Gasteiger partial charge on any atom is -0.457 e. The van der Waals surface area contributed by atoms with Gasteiger partial charge in [-0.3, -0.25) is 0 Å². The van der Waals surface area contributed by atoms with Crippen molar-refractivity contribution in [2.24, 2.45) is 0 Å². The smallest absolute Gasteiger partial charge is 0.339 e. The summed E-state index contributed by atoms with van der Waals surface area (Å²) < 4.78 is 15.5. The second kappa shape index (κ2) is 6.43. The highest BCUT2D eigenvalue weighted by atomic mass is 35.5. The van der Waals surface area contributed by atoms with E-state index in [2.05, 4.69) is 0 Å². The zero-order valence-electron chi connectivity index (χ0n) is 9.85. The molecular formula is C12H13ClO4S. The molecule has 98 valence electrons. The summed E-state index contributed by atoms with van der Waals surface area (Å²) in [5.41, 5.74) is 0.363. The summed E-state index contributed by atoms with van der Waals surface area (Å²) in [5.74, 6) is -0.463. The number of benzene rings is 1. The van der Waals surface area contributed by atoms with Crippen LogP contribution in [-0.4, -0.2) is 38.3 Å². The van der Waals surface area contributed by atoms with E-state index in [0.29, 0.717) is 23.8 Å². The van der Waals surface area contributed by atoms with Crippen LogP contribution in [0.15, 0.2) is 23.1 Å². The molecule has 1 aromatic carbocycles. The standard InChI is InChI=1S/C12H13ClO4S/c1-18-8-2-3-10(13)9(6-8)12(14)17-7-11-15-4-5-16-11/h2-3,6,11H,4-5,7H2,1H3. The number of halogens is 1. The summed E-state index contributed by atoms with van der Waals surface area (Å²) in [6, 6.07) is 5.26. The Labute approximate surface area is 115 Å². The highest BCUT2D eigenvalue weighted by Gasteiger charge is 2.19. The molecule has 4 nitrogen and oxygen atoms in total. The minimum atomic E-state index is -0.463. The Bertz CT molecular complexity index is 432. The van der Waals surface area contributed by atoms with Crippen LogP contribution in [0.3, 0.4) is 0 Å². The first-order valence-corrected chi connectivity index (χ1v) is 7.05. The Morgan fingerprint density at radius 1 is 1.50 bits per heavy atom. The summed E-state index contributed by atoms with van der Waals surface area (Å²) in [5, 5.41) is 0.381. The van der Waals surface area contributed by atoms with Crippen molar-refractivity contribution in [2.75, 3.05) is 26.1 Å². The number of carbonyl (C=O) groups is 1. The van der Waals surface area contributed by atoms with Gasteiger partial charge in [-0.25, -0.2) is 4.79 Å². The molecule has 6 heteroatoms. The lowest BCUT2D eigenvalue weighted by atomic mass is 10.2. The first-order chi connectivity index (χ1) is 8.70. The average molecular weight is 289 g/mol. The van der Waals surface area contributed by atoms with Gasteiger partial charge in [0, 0.05) is 4.90 Å². The number of rotatable bonds is 4. The van der Waals surface area contributed by atoms with Crippen LogP contribution in [0.1, 0.15) is 10.4 Å². The lowest BCUT2D eigenvalue weighted by Crippen LogP contribution is -2.19. The predicted molar refractivity (Wildman–Crippen MR) is 69.2 cm³/mol. The summed E-state index contributed by atoms with van der Waals surface area (Å²) >= 11 is 7.51. The van der Waals surface area contributed by atoms with Crippen molar-refractivity contribution in [3.63, 3.8) is 0 Å². The number of hydrogen-bond acceptors (Lipinski definition) is 5. The quantitative estimate of drug-likeness (QED) is 0.629. The van der Waals surface area contributed by atoms with Crippen LogP contribution in [0, 0.1) is 0 Å². The minimum absolute atomic E-state index is 0.0820. The van der Waals surface area contributed by atoms with Gasteiger partial charge in [0.15, 0.2) is 6.29 Å². The van der Waals surface area contributed by atoms with Gasteiger partial charge in [0.05, 0.1) is 23.8 Å². The van der Waals surface area contributed by atoms with Crippen LogP contribution in [0.4, 0.5) is 0 Å². The maximum atomic E-state index is 11.9. The Kier molecular flexibility index (Phi) is 4.88. The Morgan fingerprint density at radius 3 is 2.89 bits per heavy atom. The van der Waals surface area contributed by atoms with Gasteiger partial charge in [0.25, 0.3) is 0 Å². The van der Waals surface area contributed by atoms with Crippen molar-refractivity contribution in [1.29, 1.82) is 0 Å². The third-order valence-corrected chi connectivity index (χ3v) is 3.49. The van der Waals surface area contributed by atoms with Gasteiger partial charge in [-0.05, 0) is 24.5 Å². The largest absolute Gasteiger partial charge is 0.457 e. The number of carbonyl (C=O) groups excluding carboxylic acids is 1. The van der Waals surface area contributed by atoms with Crippen molar-refractivity contribution in [3.8, 4) is 0 Å². The summed E-state index contributed by atoms with van der Waals surface area (Å²) in [6.07, 6.45) is 1.47. The zero-order valence-corrected chi connectivity index (χ0v) is 11.4. The van der Waals surface area contributed by atoms with Crippen molar-refractivity contribution in [1.82, 2.24) is 0 Å². The van der Waals surface area contributed by atoms with E-state index in [1.165, 1.54) is 11.8 Å². The summed E-state index contributed by atoms with van der Waals surface area (Å²) in [4.78, 5) is 12.8. The van der Waals surface area contributed by atoms with Crippen LogP contribution in [0.5, 0.6) is 0 Å². The molecule has 1 saturated heterocycles. The monoisotopic (exact) mass is 288 g/mol. The lowest BCUT2D eigenvalue weighted by molar-refractivity contribution is -0.0809. The highest BCUT2D eigenvalue weighted by molar-refractivity contribution is 7.98. The second-order valence-electron chi connectivity index (χ2n) is 3.62. The molecule has 18 heavy (non-hydrogen) atoms. The number of hydrogen-bond donors (Lipinski definition) is 0. The molecule has 2 rings (SSSR count). The topological polar surface area (TPSA) is 44.8 Å². The molecule has 1 aromatic rings. The predicted octanol–water partition coefficient (Wildman–Crippen LogP) is 2.59. The van der Waals surface area contributed by atoms with Gasteiger partial charge in [-0.15, -0.1) is 11.8 Å². The average Bonchev–Trinajstić information content (AvgIpc) is 2.89. The Hall–Kier alpha value is -0.750. The van der Waals surface area contributed by atoms with E-state index in [1.807, 2.05) is 12.3 Å². The SMILES string of the molecule is CSc1ccc(Cl)c(C(=O)OCC2OCCO2)c1. The van der Waals surface area contributed by atoms with E-state index in [1.54, 1.807) is 12.1 Å². The van der Waals surface area contributed by atoms with Crippen molar-refractivity contribution < 1.29 is 19.0 Å². The van der Waals surface area contributed by atoms with E-state index in [4.69, 9.17) is 25.8 Å². The van der Waals surface area contributed by atoms with Crippen LogP contribution < -0.4 is 0 Å². The molecule has 0 N–H and O–H groups in total. The fraction of sp³-hybridized carbons (Fsp3) is 0.417. The van der Waals surface area contributed by atoms with Gasteiger partial charge in [-0.2, -0.15) is 0 Å². The van der Waals surface area contributed by atoms with Gasteiger partial charge < -0.3 is 14.2 Å². The maximum absolute atomic E-state index is 11.9. The molecule has 0 aliphatic carbocycles. The molecule has 0 amide bonds. The molecule has 1 aliphatic heterocycles. The molecule has 0 atom stereocenters. The molecule has 0 saturated carbocycles. The zero-order chi connectivity index (χ0) is 13.0. The van der Waals surface area contributed by atoms with E-state index < -0.39 is 12.3 Å². The van der Waals surface area contributed by atoms with E-state index in [0.717, 1.165) is 4.90 Å². The first-order valence-electron chi connectivity index (χ1n) is 5.44. The normalized spacial score (nSPS) is 15.9. The number of ether oxygens (including phenoxy) is 3. The van der Waals surface area contributed by atoms with Crippen LogP contribution in [0.25, 0.3) is 0 Å². The van der Waals surface area contributed by atoms with Crippen LogP contribution in [-0.2, 0) is 14.2 Å². The van der Waals surface area contributed by atoms with Gasteiger partial charge in [0.2, 0.25) is 0 Å². The lowest BCUT2D eigenvalue weighted by Gasteiger charge is -2.11. The van der Waals surface area contributed by atoms with Crippen molar-refractivity contribution >= 4 is 29.3 Å². The van der Waals surface area contributed by atoms with E-state index >= 15 is 0 Å². The molecule has 1 heterocycles. The van der Waals surface area contributed by atoms with Gasteiger partial charge in [-0.1, -0.05) is 11.6 Å². The van der Waals surface area contributed by atoms with Gasteiger partial charge >= 0.3 is 5.97 Å². The molecule has 0 unspecified atom stereocenters.